The number of amides is 1. The predicted octanol–water partition coefficient (Wildman–Crippen LogP) is 1.80. The summed E-state index contributed by atoms with van der Waals surface area (Å²) in [5.74, 6) is -0.416. The molecular weight excluding hydrogens is 233 g/mol. The highest BCUT2D eigenvalue weighted by Crippen LogP contribution is 2.13. The van der Waals surface area contributed by atoms with E-state index < -0.39 is 18.6 Å². The molecule has 0 bridgehead atoms. The molecule has 94 valence electrons. The number of carbonyl (C=O) groups is 1. The lowest BCUT2D eigenvalue weighted by Gasteiger charge is -2.17. The van der Waals surface area contributed by atoms with Gasteiger partial charge in [0.1, 0.15) is 0 Å². The van der Waals surface area contributed by atoms with E-state index in [1.807, 2.05) is 0 Å². The van der Waals surface area contributed by atoms with Crippen LogP contribution in [0.25, 0.3) is 0 Å². The molecule has 1 rings (SSSR count). The van der Waals surface area contributed by atoms with Crippen molar-refractivity contribution in [2.24, 2.45) is 0 Å². The molecule has 0 spiro atoms. The second-order valence-corrected chi connectivity index (χ2v) is 3.51. The molecule has 1 aromatic rings. The van der Waals surface area contributed by atoms with Crippen molar-refractivity contribution in [1.82, 2.24) is 5.32 Å². The van der Waals surface area contributed by atoms with Gasteiger partial charge >= 0.3 is 6.18 Å². The van der Waals surface area contributed by atoms with Crippen LogP contribution in [0.2, 0.25) is 0 Å². The van der Waals surface area contributed by atoms with Crippen LogP contribution in [0.15, 0.2) is 30.3 Å². The molecule has 1 N–H and O–H groups in total. The van der Waals surface area contributed by atoms with Crippen LogP contribution < -0.4 is 10.2 Å². The number of hydrogen-bond acceptors (Lipinski definition) is 2. The van der Waals surface area contributed by atoms with Gasteiger partial charge in [-0.2, -0.15) is 13.2 Å². The first-order valence-electron chi connectivity index (χ1n) is 4.99. The SMILES string of the molecule is CN(C(=O)CNCC(F)(F)F)c1ccccc1. The summed E-state index contributed by atoms with van der Waals surface area (Å²) in [6.07, 6.45) is -4.30. The van der Waals surface area contributed by atoms with Crippen LogP contribution in [0.4, 0.5) is 18.9 Å². The molecule has 17 heavy (non-hydrogen) atoms. The largest absolute Gasteiger partial charge is 0.401 e. The number of carbonyl (C=O) groups excluding carboxylic acids is 1. The molecule has 1 aromatic carbocycles. The molecule has 0 aromatic heterocycles. The fourth-order valence-corrected chi connectivity index (χ4v) is 1.23. The Morgan fingerprint density at radius 1 is 1.29 bits per heavy atom. The lowest BCUT2D eigenvalue weighted by Crippen LogP contribution is -2.39. The van der Waals surface area contributed by atoms with Gasteiger partial charge in [-0.15, -0.1) is 0 Å². The van der Waals surface area contributed by atoms with E-state index in [4.69, 9.17) is 0 Å². The third-order valence-electron chi connectivity index (χ3n) is 2.12. The number of benzene rings is 1. The Balaban J connectivity index is 2.43. The van der Waals surface area contributed by atoms with Gasteiger partial charge in [0.25, 0.3) is 0 Å². The summed E-state index contributed by atoms with van der Waals surface area (Å²) in [5, 5.41) is 2.06. The Morgan fingerprint density at radius 2 is 1.88 bits per heavy atom. The average Bonchev–Trinajstić information content (AvgIpc) is 2.27. The highest BCUT2D eigenvalue weighted by atomic mass is 19.4. The summed E-state index contributed by atoms with van der Waals surface area (Å²) >= 11 is 0. The Morgan fingerprint density at radius 3 is 2.41 bits per heavy atom. The second kappa shape index (κ2) is 5.67. The van der Waals surface area contributed by atoms with E-state index in [0.717, 1.165) is 0 Å². The molecule has 0 unspecified atom stereocenters. The van der Waals surface area contributed by atoms with Crippen molar-refractivity contribution in [2.75, 3.05) is 25.0 Å². The van der Waals surface area contributed by atoms with E-state index in [-0.39, 0.29) is 6.54 Å². The van der Waals surface area contributed by atoms with Crippen molar-refractivity contribution < 1.29 is 18.0 Å². The predicted molar refractivity (Wildman–Crippen MR) is 58.8 cm³/mol. The van der Waals surface area contributed by atoms with Gasteiger partial charge in [-0.05, 0) is 12.1 Å². The molecule has 6 heteroatoms. The maximum Gasteiger partial charge on any atom is 0.401 e. The summed E-state index contributed by atoms with van der Waals surface area (Å²) in [4.78, 5) is 12.8. The van der Waals surface area contributed by atoms with E-state index in [1.165, 1.54) is 11.9 Å². The maximum absolute atomic E-state index is 11.8. The number of likely N-dealkylation sites (N-methyl/N-ethyl adjacent to an activating group) is 1. The number of hydrogen-bond donors (Lipinski definition) is 1. The van der Waals surface area contributed by atoms with Gasteiger partial charge in [0.2, 0.25) is 5.91 Å². The van der Waals surface area contributed by atoms with Crippen LogP contribution in [-0.4, -0.2) is 32.2 Å². The van der Waals surface area contributed by atoms with Crippen LogP contribution in [-0.2, 0) is 4.79 Å². The molecule has 0 heterocycles. The van der Waals surface area contributed by atoms with E-state index >= 15 is 0 Å². The summed E-state index contributed by atoms with van der Waals surface area (Å²) in [5.41, 5.74) is 0.645. The Bertz CT molecular complexity index is 365. The molecule has 0 aliphatic rings. The van der Waals surface area contributed by atoms with Gasteiger partial charge in [-0.1, -0.05) is 18.2 Å². The van der Waals surface area contributed by atoms with E-state index in [1.54, 1.807) is 30.3 Å². The minimum absolute atomic E-state index is 0.342. The first-order valence-corrected chi connectivity index (χ1v) is 4.99. The topological polar surface area (TPSA) is 32.3 Å². The van der Waals surface area contributed by atoms with Gasteiger partial charge in [-0.3, -0.25) is 4.79 Å². The van der Waals surface area contributed by atoms with Gasteiger partial charge in [0.15, 0.2) is 0 Å². The van der Waals surface area contributed by atoms with Crippen LogP contribution in [0.5, 0.6) is 0 Å². The zero-order chi connectivity index (χ0) is 12.9. The first-order chi connectivity index (χ1) is 7.90. The lowest BCUT2D eigenvalue weighted by atomic mass is 10.3. The number of nitrogens with one attached hydrogen (secondary N) is 1. The normalized spacial score (nSPS) is 11.3. The molecule has 0 atom stereocenters. The van der Waals surface area contributed by atoms with E-state index in [9.17, 15) is 18.0 Å². The Labute approximate surface area is 97.2 Å². The molecule has 0 saturated heterocycles. The Kier molecular flexibility index (Phi) is 4.51. The minimum Gasteiger partial charge on any atom is -0.314 e. The number of alkyl halides is 3. The van der Waals surface area contributed by atoms with Crippen molar-refractivity contribution >= 4 is 11.6 Å². The van der Waals surface area contributed by atoms with Gasteiger partial charge in [0, 0.05) is 12.7 Å². The van der Waals surface area contributed by atoms with Crippen molar-refractivity contribution in [3.63, 3.8) is 0 Å². The maximum atomic E-state index is 11.8. The zero-order valence-electron chi connectivity index (χ0n) is 9.29. The lowest BCUT2D eigenvalue weighted by molar-refractivity contribution is -0.127. The quantitative estimate of drug-likeness (QED) is 0.878. The smallest absolute Gasteiger partial charge is 0.314 e. The van der Waals surface area contributed by atoms with E-state index in [2.05, 4.69) is 5.32 Å². The molecule has 0 aliphatic heterocycles. The molecule has 0 saturated carbocycles. The monoisotopic (exact) mass is 246 g/mol. The fraction of sp³-hybridized carbons (Fsp3) is 0.364. The third kappa shape index (κ3) is 4.86. The Hall–Kier alpha value is -1.56. The second-order valence-electron chi connectivity index (χ2n) is 3.51. The fourth-order valence-electron chi connectivity index (χ4n) is 1.23. The highest BCUT2D eigenvalue weighted by Gasteiger charge is 2.26. The van der Waals surface area contributed by atoms with Crippen molar-refractivity contribution in [2.45, 2.75) is 6.18 Å². The van der Waals surface area contributed by atoms with Crippen LogP contribution in [0, 0.1) is 0 Å². The average molecular weight is 246 g/mol. The minimum atomic E-state index is -4.30. The number of rotatable bonds is 4. The van der Waals surface area contributed by atoms with Crippen molar-refractivity contribution in [3.05, 3.63) is 30.3 Å². The molecule has 1 amide bonds. The van der Waals surface area contributed by atoms with Crippen molar-refractivity contribution in [3.8, 4) is 0 Å². The number of nitrogens with zero attached hydrogens (tertiary/aromatic N) is 1. The van der Waals surface area contributed by atoms with Crippen molar-refractivity contribution in [1.29, 1.82) is 0 Å². The van der Waals surface area contributed by atoms with Gasteiger partial charge in [-0.25, -0.2) is 0 Å². The summed E-state index contributed by atoms with van der Waals surface area (Å²) in [6.45, 7) is -1.51. The van der Waals surface area contributed by atoms with Crippen LogP contribution in [0.1, 0.15) is 0 Å². The standard InChI is InChI=1S/C11H13F3N2O/c1-16(9-5-3-2-4-6-9)10(17)7-15-8-11(12,13)14/h2-6,15H,7-8H2,1H3. The highest BCUT2D eigenvalue weighted by molar-refractivity contribution is 5.94. The first kappa shape index (κ1) is 13.5. The van der Waals surface area contributed by atoms with Gasteiger partial charge in [0.05, 0.1) is 13.1 Å². The van der Waals surface area contributed by atoms with E-state index in [0.29, 0.717) is 5.69 Å². The molecule has 3 nitrogen and oxygen atoms in total. The molecular formula is C11H13F3N2O. The number of anilines is 1. The molecule has 0 radical (unpaired) electrons. The zero-order valence-corrected chi connectivity index (χ0v) is 9.29. The third-order valence-corrected chi connectivity index (χ3v) is 2.12. The van der Waals surface area contributed by atoms with Crippen LogP contribution >= 0.6 is 0 Å². The van der Waals surface area contributed by atoms with Gasteiger partial charge < -0.3 is 10.2 Å². The van der Waals surface area contributed by atoms with Crippen LogP contribution in [0.3, 0.4) is 0 Å². The number of halogens is 3. The summed E-state index contributed by atoms with van der Waals surface area (Å²) in [7, 11) is 1.52. The summed E-state index contributed by atoms with van der Waals surface area (Å²) < 4.78 is 35.5. The summed E-state index contributed by atoms with van der Waals surface area (Å²) in [6, 6.07) is 8.72. The molecule has 0 aliphatic carbocycles. The number of para-hydroxylation sites is 1. The molecule has 0 fully saturated rings.